The van der Waals surface area contributed by atoms with Crippen LogP contribution in [0.5, 0.6) is 0 Å². The van der Waals surface area contributed by atoms with Crippen LogP contribution in [-0.2, 0) is 9.53 Å². The van der Waals surface area contributed by atoms with Crippen LogP contribution >= 0.6 is 11.3 Å². The molecule has 2 heterocycles. The number of carbonyl (C=O) groups excluding carboxylic acids is 2. The van der Waals surface area contributed by atoms with E-state index in [4.69, 9.17) is 4.74 Å². The Kier molecular flexibility index (Phi) is 5.36. The monoisotopic (exact) mass is 310 g/mol. The number of nitrogens with one attached hydrogen (secondary N) is 1. The van der Waals surface area contributed by atoms with Crippen LogP contribution in [0.4, 0.5) is 5.69 Å². The van der Waals surface area contributed by atoms with Crippen molar-refractivity contribution in [1.82, 2.24) is 4.90 Å². The van der Waals surface area contributed by atoms with E-state index < -0.39 is 5.97 Å². The van der Waals surface area contributed by atoms with Crippen molar-refractivity contribution >= 4 is 28.9 Å². The van der Waals surface area contributed by atoms with Crippen LogP contribution in [0.2, 0.25) is 0 Å². The van der Waals surface area contributed by atoms with Gasteiger partial charge < -0.3 is 10.1 Å². The normalized spacial score (nSPS) is 22.8. The molecule has 0 saturated carbocycles. The van der Waals surface area contributed by atoms with Crippen molar-refractivity contribution in [3.05, 3.63) is 16.3 Å². The average Bonchev–Trinajstić information content (AvgIpc) is 2.84. The first-order valence-corrected chi connectivity index (χ1v) is 8.05. The predicted molar refractivity (Wildman–Crippen MR) is 83.7 cm³/mol. The van der Waals surface area contributed by atoms with E-state index in [-0.39, 0.29) is 5.91 Å². The molecule has 2 rings (SSSR count). The number of likely N-dealkylation sites (tertiary alicyclic amines) is 1. The fourth-order valence-corrected chi connectivity index (χ4v) is 3.74. The molecular weight excluding hydrogens is 288 g/mol. The lowest BCUT2D eigenvalue weighted by atomic mass is 9.92. The molecule has 0 radical (unpaired) electrons. The molecule has 1 amide bonds. The minimum absolute atomic E-state index is 0.0835. The van der Waals surface area contributed by atoms with Gasteiger partial charge in [-0.15, -0.1) is 11.3 Å². The number of thiophene rings is 1. The van der Waals surface area contributed by atoms with E-state index >= 15 is 0 Å². The van der Waals surface area contributed by atoms with E-state index in [2.05, 4.69) is 24.1 Å². The summed E-state index contributed by atoms with van der Waals surface area (Å²) >= 11 is 1.27. The molecule has 1 N–H and O–H groups in total. The van der Waals surface area contributed by atoms with Gasteiger partial charge in [0.1, 0.15) is 4.88 Å². The Balaban J connectivity index is 1.93. The first kappa shape index (κ1) is 16.0. The first-order chi connectivity index (χ1) is 9.99. The third-order valence-corrected chi connectivity index (χ3v) is 4.52. The van der Waals surface area contributed by atoms with Crippen LogP contribution in [0.3, 0.4) is 0 Å². The maximum Gasteiger partial charge on any atom is 0.350 e. The highest BCUT2D eigenvalue weighted by Crippen LogP contribution is 2.24. The van der Waals surface area contributed by atoms with E-state index in [1.165, 1.54) is 24.9 Å². The summed E-state index contributed by atoms with van der Waals surface area (Å²) in [5.74, 6) is 0.738. The van der Waals surface area contributed by atoms with E-state index in [1.807, 2.05) is 0 Å². The molecule has 5 nitrogen and oxygen atoms in total. The highest BCUT2D eigenvalue weighted by molar-refractivity contribution is 7.12. The van der Waals surface area contributed by atoms with Gasteiger partial charge >= 0.3 is 5.97 Å². The molecule has 116 valence electrons. The zero-order chi connectivity index (χ0) is 15.4. The summed E-state index contributed by atoms with van der Waals surface area (Å²) in [6.45, 7) is 6.70. The van der Waals surface area contributed by atoms with Crippen molar-refractivity contribution in [2.24, 2.45) is 11.8 Å². The number of anilines is 1. The standard InChI is InChI=1S/C15H22N2O3S/c1-10-6-11(2)8-17(7-10)9-13(18)16-12-4-5-21-14(12)15(19)20-3/h4-5,10-11H,6-9H2,1-3H3,(H,16,18). The van der Waals surface area contributed by atoms with Gasteiger partial charge in [-0.25, -0.2) is 4.79 Å². The van der Waals surface area contributed by atoms with Gasteiger partial charge in [-0.3, -0.25) is 9.69 Å². The number of carbonyl (C=O) groups is 2. The molecule has 0 aromatic carbocycles. The van der Waals surface area contributed by atoms with Crippen molar-refractivity contribution in [3.8, 4) is 0 Å². The topological polar surface area (TPSA) is 58.6 Å². The molecule has 1 fully saturated rings. The van der Waals surface area contributed by atoms with Crippen LogP contribution in [0.15, 0.2) is 11.4 Å². The van der Waals surface area contributed by atoms with Crippen LogP contribution in [0.1, 0.15) is 29.9 Å². The highest BCUT2D eigenvalue weighted by Gasteiger charge is 2.24. The number of piperidine rings is 1. The van der Waals surface area contributed by atoms with E-state index in [1.54, 1.807) is 11.4 Å². The molecule has 1 aromatic rings. The molecular formula is C15H22N2O3S. The zero-order valence-corrected chi connectivity index (χ0v) is 13.5. The second-order valence-corrected chi connectivity index (χ2v) is 6.76. The lowest BCUT2D eigenvalue weighted by molar-refractivity contribution is -0.117. The van der Waals surface area contributed by atoms with Crippen molar-refractivity contribution in [2.45, 2.75) is 20.3 Å². The quantitative estimate of drug-likeness (QED) is 0.868. The Morgan fingerprint density at radius 1 is 1.38 bits per heavy atom. The zero-order valence-electron chi connectivity index (χ0n) is 12.7. The van der Waals surface area contributed by atoms with Crippen molar-refractivity contribution in [1.29, 1.82) is 0 Å². The fraction of sp³-hybridized carbons (Fsp3) is 0.600. The fourth-order valence-electron chi connectivity index (χ4n) is 2.97. The van der Waals surface area contributed by atoms with Gasteiger partial charge in [-0.1, -0.05) is 13.8 Å². The molecule has 2 unspecified atom stereocenters. The van der Waals surface area contributed by atoms with Crippen molar-refractivity contribution in [3.63, 3.8) is 0 Å². The molecule has 1 aliphatic heterocycles. The maximum absolute atomic E-state index is 12.2. The van der Waals surface area contributed by atoms with Crippen molar-refractivity contribution in [2.75, 3.05) is 32.1 Å². The third kappa shape index (κ3) is 4.28. The van der Waals surface area contributed by atoms with Gasteiger partial charge in [0.05, 0.1) is 19.3 Å². The number of rotatable bonds is 4. The van der Waals surface area contributed by atoms with Crippen LogP contribution < -0.4 is 5.32 Å². The smallest absolute Gasteiger partial charge is 0.350 e. The molecule has 1 aromatic heterocycles. The molecule has 0 spiro atoms. The summed E-state index contributed by atoms with van der Waals surface area (Å²) in [4.78, 5) is 26.3. The van der Waals surface area contributed by atoms with Gasteiger partial charge in [0.25, 0.3) is 0 Å². The number of ether oxygens (including phenoxy) is 1. The lowest BCUT2D eigenvalue weighted by Gasteiger charge is -2.34. The molecule has 1 saturated heterocycles. The third-order valence-electron chi connectivity index (χ3n) is 3.62. The SMILES string of the molecule is COC(=O)c1sccc1NC(=O)CN1CC(C)CC(C)C1. The summed E-state index contributed by atoms with van der Waals surface area (Å²) in [5, 5.41) is 4.58. The largest absolute Gasteiger partial charge is 0.465 e. The summed E-state index contributed by atoms with van der Waals surface area (Å²) < 4.78 is 4.70. The number of hydrogen-bond acceptors (Lipinski definition) is 5. The average molecular weight is 310 g/mol. The summed E-state index contributed by atoms with van der Waals surface area (Å²) in [6.07, 6.45) is 1.22. The Morgan fingerprint density at radius 2 is 2.05 bits per heavy atom. The van der Waals surface area contributed by atoms with E-state index in [0.29, 0.717) is 28.9 Å². The van der Waals surface area contributed by atoms with E-state index in [9.17, 15) is 9.59 Å². The Hall–Kier alpha value is -1.40. The van der Waals surface area contributed by atoms with E-state index in [0.717, 1.165) is 13.1 Å². The number of hydrogen-bond donors (Lipinski definition) is 1. The molecule has 6 heteroatoms. The minimum Gasteiger partial charge on any atom is -0.465 e. The maximum atomic E-state index is 12.2. The van der Waals surface area contributed by atoms with Gasteiger partial charge in [0.15, 0.2) is 0 Å². The summed E-state index contributed by atoms with van der Waals surface area (Å²) in [5.41, 5.74) is 0.537. The summed E-state index contributed by atoms with van der Waals surface area (Å²) in [7, 11) is 1.34. The molecule has 0 aliphatic carbocycles. The van der Waals surface area contributed by atoms with Gasteiger partial charge in [-0.2, -0.15) is 0 Å². The first-order valence-electron chi connectivity index (χ1n) is 7.17. The van der Waals surface area contributed by atoms with Gasteiger partial charge in [-0.05, 0) is 29.7 Å². The van der Waals surface area contributed by atoms with Gasteiger partial charge in [0.2, 0.25) is 5.91 Å². The second-order valence-electron chi connectivity index (χ2n) is 5.84. The lowest BCUT2D eigenvalue weighted by Crippen LogP contribution is -2.42. The Labute approximate surface area is 129 Å². The Morgan fingerprint density at radius 3 is 2.67 bits per heavy atom. The second kappa shape index (κ2) is 7.04. The predicted octanol–water partition coefficient (Wildman–Crippen LogP) is 2.45. The van der Waals surface area contributed by atoms with Crippen LogP contribution in [-0.4, -0.2) is 43.5 Å². The van der Waals surface area contributed by atoms with Crippen molar-refractivity contribution < 1.29 is 14.3 Å². The molecule has 1 aliphatic rings. The number of nitrogens with zero attached hydrogens (tertiary/aromatic N) is 1. The molecule has 2 atom stereocenters. The highest BCUT2D eigenvalue weighted by atomic mass is 32.1. The number of methoxy groups -OCH3 is 1. The van der Waals surface area contributed by atoms with Crippen LogP contribution in [0.25, 0.3) is 0 Å². The van der Waals surface area contributed by atoms with Crippen LogP contribution in [0, 0.1) is 11.8 Å². The van der Waals surface area contributed by atoms with Gasteiger partial charge in [0, 0.05) is 13.1 Å². The number of esters is 1. The minimum atomic E-state index is -0.416. The molecule has 0 bridgehead atoms. The number of amides is 1. The summed E-state index contributed by atoms with van der Waals surface area (Å²) in [6, 6.07) is 1.73. The molecule has 21 heavy (non-hydrogen) atoms. The Bertz CT molecular complexity index is 505.